The minimum Gasteiger partial charge on any atom is -0.372 e. The number of benzene rings is 1. The van der Waals surface area contributed by atoms with Gasteiger partial charge in [0, 0.05) is 12.6 Å². The van der Waals surface area contributed by atoms with Crippen molar-refractivity contribution in [3.63, 3.8) is 0 Å². The highest BCUT2D eigenvalue weighted by atomic mass is 15.2. The second-order valence-electron chi connectivity index (χ2n) is 4.85. The summed E-state index contributed by atoms with van der Waals surface area (Å²) < 4.78 is 0. The Balaban J connectivity index is 2.26. The van der Waals surface area contributed by atoms with Crippen molar-refractivity contribution in [2.75, 3.05) is 12.4 Å². The molecule has 0 saturated heterocycles. The average molecular weight is 241 g/mol. The second-order valence-corrected chi connectivity index (χ2v) is 4.85. The molecule has 0 unspecified atom stereocenters. The first-order valence-electron chi connectivity index (χ1n) is 6.30. The zero-order valence-corrected chi connectivity index (χ0v) is 11.1. The first-order chi connectivity index (χ1) is 8.69. The van der Waals surface area contributed by atoms with Crippen molar-refractivity contribution in [1.82, 2.24) is 10.2 Å². The van der Waals surface area contributed by atoms with Gasteiger partial charge in [-0.15, -0.1) is 10.2 Å². The fraction of sp³-hybridized carbons (Fsp3) is 0.333. The molecule has 1 N–H and O–H groups in total. The highest BCUT2D eigenvalue weighted by molar-refractivity contribution is 5.60. The largest absolute Gasteiger partial charge is 0.372 e. The third-order valence-corrected chi connectivity index (χ3v) is 2.79. The Kier molecular flexibility index (Phi) is 3.92. The van der Waals surface area contributed by atoms with Gasteiger partial charge in [-0.25, -0.2) is 0 Å². The molecule has 94 valence electrons. The van der Waals surface area contributed by atoms with Crippen molar-refractivity contribution in [1.29, 1.82) is 0 Å². The summed E-state index contributed by atoms with van der Waals surface area (Å²) >= 11 is 0. The zero-order valence-electron chi connectivity index (χ0n) is 11.1. The lowest BCUT2D eigenvalue weighted by molar-refractivity contribution is 0.647. The van der Waals surface area contributed by atoms with E-state index < -0.39 is 0 Å². The van der Waals surface area contributed by atoms with Gasteiger partial charge in [-0.1, -0.05) is 32.0 Å². The number of hydrogen-bond acceptors (Lipinski definition) is 3. The lowest BCUT2D eigenvalue weighted by atomic mass is 10.00. The Hall–Kier alpha value is -1.90. The number of aromatic nitrogens is 2. The van der Waals surface area contributed by atoms with Gasteiger partial charge in [0.15, 0.2) is 0 Å². The summed E-state index contributed by atoms with van der Waals surface area (Å²) in [5.74, 6) is 1.45. The molecular weight excluding hydrogens is 222 g/mol. The van der Waals surface area contributed by atoms with Crippen LogP contribution in [0.2, 0.25) is 0 Å². The minimum atomic E-state index is 0.665. The molecule has 1 aromatic carbocycles. The molecule has 0 aliphatic heterocycles. The summed E-state index contributed by atoms with van der Waals surface area (Å²) in [5.41, 5.74) is 3.39. The third kappa shape index (κ3) is 3.06. The highest BCUT2D eigenvalue weighted by Crippen LogP contribution is 2.20. The van der Waals surface area contributed by atoms with Crippen LogP contribution < -0.4 is 5.32 Å². The van der Waals surface area contributed by atoms with Crippen molar-refractivity contribution >= 4 is 5.82 Å². The average Bonchev–Trinajstić information content (AvgIpc) is 2.38. The van der Waals surface area contributed by atoms with Gasteiger partial charge in [0.05, 0.1) is 5.69 Å². The van der Waals surface area contributed by atoms with Crippen LogP contribution in [0.4, 0.5) is 5.82 Å². The Morgan fingerprint density at radius 1 is 1.11 bits per heavy atom. The molecule has 0 amide bonds. The van der Waals surface area contributed by atoms with E-state index in [9.17, 15) is 0 Å². The number of hydrogen-bond donors (Lipinski definition) is 1. The van der Waals surface area contributed by atoms with E-state index in [1.807, 2.05) is 19.2 Å². The van der Waals surface area contributed by atoms with Gasteiger partial charge in [0.2, 0.25) is 0 Å². The summed E-state index contributed by atoms with van der Waals surface area (Å²) in [6.45, 7) is 4.46. The molecule has 0 atom stereocenters. The van der Waals surface area contributed by atoms with Gasteiger partial charge in [-0.3, -0.25) is 0 Å². The predicted octanol–water partition coefficient (Wildman–Crippen LogP) is 3.38. The van der Waals surface area contributed by atoms with E-state index >= 15 is 0 Å². The molecular formula is C15H19N3. The van der Waals surface area contributed by atoms with Crippen LogP contribution in [0.25, 0.3) is 11.3 Å². The molecule has 2 rings (SSSR count). The Morgan fingerprint density at radius 2 is 1.94 bits per heavy atom. The highest BCUT2D eigenvalue weighted by Gasteiger charge is 2.03. The first kappa shape index (κ1) is 12.6. The maximum atomic E-state index is 4.23. The summed E-state index contributed by atoms with van der Waals surface area (Å²) in [5, 5.41) is 11.3. The van der Waals surface area contributed by atoms with Gasteiger partial charge in [0.1, 0.15) is 5.82 Å². The summed E-state index contributed by atoms with van der Waals surface area (Å²) in [4.78, 5) is 0. The maximum Gasteiger partial charge on any atom is 0.148 e. The molecule has 1 heterocycles. The molecule has 2 aromatic rings. The zero-order chi connectivity index (χ0) is 13.0. The molecule has 3 heteroatoms. The minimum absolute atomic E-state index is 0.665. The topological polar surface area (TPSA) is 37.8 Å². The van der Waals surface area contributed by atoms with Crippen LogP contribution >= 0.6 is 0 Å². The van der Waals surface area contributed by atoms with Crippen molar-refractivity contribution in [2.24, 2.45) is 5.92 Å². The standard InChI is InChI=1S/C15H19N3/c1-11(2)9-12-5-4-6-13(10-12)14-7-8-15(16-3)18-17-14/h4-8,10-11H,9H2,1-3H3,(H,16,18). The second kappa shape index (κ2) is 5.63. The molecule has 1 aromatic heterocycles. The summed E-state index contributed by atoms with van der Waals surface area (Å²) in [6, 6.07) is 12.5. The molecule has 3 nitrogen and oxygen atoms in total. The molecule has 0 saturated carbocycles. The van der Waals surface area contributed by atoms with Crippen LogP contribution in [0.1, 0.15) is 19.4 Å². The maximum absolute atomic E-state index is 4.23. The number of anilines is 1. The van der Waals surface area contributed by atoms with Crippen molar-refractivity contribution in [3.8, 4) is 11.3 Å². The molecule has 0 spiro atoms. The smallest absolute Gasteiger partial charge is 0.148 e. The van der Waals surface area contributed by atoms with Crippen molar-refractivity contribution in [3.05, 3.63) is 42.0 Å². The molecule has 0 bridgehead atoms. The van der Waals surface area contributed by atoms with Crippen LogP contribution in [0.5, 0.6) is 0 Å². The lowest BCUT2D eigenvalue weighted by Gasteiger charge is -2.07. The van der Waals surface area contributed by atoms with E-state index in [1.165, 1.54) is 5.56 Å². The SMILES string of the molecule is CNc1ccc(-c2cccc(CC(C)C)c2)nn1. The van der Waals surface area contributed by atoms with Crippen LogP contribution in [0.3, 0.4) is 0 Å². The predicted molar refractivity (Wildman–Crippen MR) is 75.6 cm³/mol. The number of nitrogens with one attached hydrogen (secondary N) is 1. The monoisotopic (exact) mass is 241 g/mol. The molecule has 0 radical (unpaired) electrons. The van der Waals surface area contributed by atoms with E-state index in [2.05, 4.69) is 53.6 Å². The van der Waals surface area contributed by atoms with Crippen LogP contribution in [0.15, 0.2) is 36.4 Å². The Bertz CT molecular complexity index is 503. The Labute approximate surface area is 108 Å². The van der Waals surface area contributed by atoms with Crippen LogP contribution in [-0.4, -0.2) is 17.2 Å². The van der Waals surface area contributed by atoms with Crippen LogP contribution in [-0.2, 0) is 6.42 Å². The van der Waals surface area contributed by atoms with E-state index in [4.69, 9.17) is 0 Å². The van der Waals surface area contributed by atoms with E-state index in [-0.39, 0.29) is 0 Å². The molecule has 0 aliphatic rings. The normalized spacial score (nSPS) is 10.7. The summed E-state index contributed by atoms with van der Waals surface area (Å²) in [7, 11) is 1.84. The van der Waals surface area contributed by atoms with Crippen molar-refractivity contribution in [2.45, 2.75) is 20.3 Å². The van der Waals surface area contributed by atoms with Gasteiger partial charge >= 0.3 is 0 Å². The molecule has 0 aliphatic carbocycles. The van der Waals surface area contributed by atoms with E-state index in [0.29, 0.717) is 5.92 Å². The lowest BCUT2D eigenvalue weighted by Crippen LogP contribution is -1.97. The van der Waals surface area contributed by atoms with Gasteiger partial charge in [-0.05, 0) is 36.1 Å². The number of rotatable bonds is 4. The van der Waals surface area contributed by atoms with Gasteiger partial charge in [0.25, 0.3) is 0 Å². The van der Waals surface area contributed by atoms with E-state index in [0.717, 1.165) is 23.5 Å². The summed E-state index contributed by atoms with van der Waals surface area (Å²) in [6.07, 6.45) is 1.09. The van der Waals surface area contributed by atoms with Crippen LogP contribution in [0, 0.1) is 5.92 Å². The fourth-order valence-corrected chi connectivity index (χ4v) is 1.95. The third-order valence-electron chi connectivity index (χ3n) is 2.79. The molecule has 18 heavy (non-hydrogen) atoms. The van der Waals surface area contributed by atoms with Crippen molar-refractivity contribution < 1.29 is 0 Å². The Morgan fingerprint density at radius 3 is 2.56 bits per heavy atom. The van der Waals surface area contributed by atoms with Gasteiger partial charge in [-0.2, -0.15) is 0 Å². The quantitative estimate of drug-likeness (QED) is 0.891. The van der Waals surface area contributed by atoms with Gasteiger partial charge < -0.3 is 5.32 Å². The molecule has 0 fully saturated rings. The fourth-order valence-electron chi connectivity index (χ4n) is 1.95. The van der Waals surface area contributed by atoms with E-state index in [1.54, 1.807) is 0 Å². The first-order valence-corrected chi connectivity index (χ1v) is 6.30. The number of nitrogens with zero attached hydrogens (tertiary/aromatic N) is 2.